The second-order valence-corrected chi connectivity index (χ2v) is 8.92. The van der Waals surface area contributed by atoms with Crippen molar-refractivity contribution < 1.29 is 14.3 Å². The highest BCUT2D eigenvalue weighted by Crippen LogP contribution is 2.30. The van der Waals surface area contributed by atoms with Crippen LogP contribution < -0.4 is 20.3 Å². The van der Waals surface area contributed by atoms with Gasteiger partial charge in [-0.05, 0) is 55.5 Å². The van der Waals surface area contributed by atoms with Crippen LogP contribution in [0.4, 0.5) is 17.1 Å². The zero-order valence-electron chi connectivity index (χ0n) is 18.9. The molecule has 0 bridgehead atoms. The molecule has 178 valence electrons. The van der Waals surface area contributed by atoms with Gasteiger partial charge in [-0.2, -0.15) is 0 Å². The van der Waals surface area contributed by atoms with Gasteiger partial charge in [0, 0.05) is 41.6 Å². The molecule has 4 rings (SSSR count). The van der Waals surface area contributed by atoms with Crippen LogP contribution in [-0.2, 0) is 16.1 Å². The number of hydrogen-bond acceptors (Lipinski definition) is 5. The summed E-state index contributed by atoms with van der Waals surface area (Å²) in [4.78, 5) is 14.5. The van der Waals surface area contributed by atoms with Crippen molar-refractivity contribution >= 4 is 46.2 Å². The molecule has 0 aromatic heterocycles. The topological polar surface area (TPSA) is 62.8 Å². The van der Waals surface area contributed by atoms with Gasteiger partial charge in [-0.3, -0.25) is 4.79 Å². The van der Waals surface area contributed by atoms with Gasteiger partial charge < -0.3 is 25.0 Å². The molecule has 0 aliphatic carbocycles. The molecule has 0 radical (unpaired) electrons. The summed E-state index contributed by atoms with van der Waals surface area (Å²) >= 11 is 12.8. The van der Waals surface area contributed by atoms with Gasteiger partial charge in [0.15, 0.2) is 6.61 Å². The number of carbonyl (C=O) groups is 1. The van der Waals surface area contributed by atoms with Crippen LogP contribution in [0.2, 0.25) is 10.0 Å². The number of amides is 1. The molecular formula is C26H27Cl2N3O3. The van der Waals surface area contributed by atoms with Crippen molar-refractivity contribution in [2.45, 2.75) is 13.5 Å². The predicted molar refractivity (Wildman–Crippen MR) is 139 cm³/mol. The number of aryl methyl sites for hydroxylation is 1. The maximum Gasteiger partial charge on any atom is 0.262 e. The molecule has 3 aromatic rings. The van der Waals surface area contributed by atoms with Crippen LogP contribution in [0.3, 0.4) is 0 Å². The molecule has 2 N–H and O–H groups in total. The van der Waals surface area contributed by atoms with Crippen molar-refractivity contribution in [3.05, 3.63) is 81.8 Å². The summed E-state index contributed by atoms with van der Waals surface area (Å²) in [7, 11) is 0. The minimum absolute atomic E-state index is 0.109. The number of carbonyl (C=O) groups excluding carboxylic acids is 1. The van der Waals surface area contributed by atoms with Gasteiger partial charge in [0.1, 0.15) is 5.75 Å². The average molecular weight is 500 g/mol. The second kappa shape index (κ2) is 11.5. The second-order valence-electron chi connectivity index (χ2n) is 8.07. The number of nitrogens with one attached hydrogen (secondary N) is 2. The van der Waals surface area contributed by atoms with Crippen molar-refractivity contribution in [1.29, 1.82) is 0 Å². The molecule has 1 fully saturated rings. The smallest absolute Gasteiger partial charge is 0.262 e. The van der Waals surface area contributed by atoms with Crippen LogP contribution in [0.15, 0.2) is 60.7 Å². The van der Waals surface area contributed by atoms with Crippen molar-refractivity contribution in [1.82, 2.24) is 0 Å². The van der Waals surface area contributed by atoms with Crippen LogP contribution in [-0.4, -0.2) is 38.8 Å². The number of anilines is 3. The Morgan fingerprint density at radius 3 is 2.47 bits per heavy atom. The molecule has 0 spiro atoms. The third kappa shape index (κ3) is 6.56. The first kappa shape index (κ1) is 24.2. The molecule has 0 unspecified atom stereocenters. The van der Waals surface area contributed by atoms with Gasteiger partial charge >= 0.3 is 0 Å². The highest BCUT2D eigenvalue weighted by Gasteiger charge is 2.15. The maximum atomic E-state index is 12.3. The van der Waals surface area contributed by atoms with Gasteiger partial charge in [0.05, 0.1) is 23.9 Å². The van der Waals surface area contributed by atoms with Crippen molar-refractivity contribution in [3.8, 4) is 5.75 Å². The summed E-state index contributed by atoms with van der Waals surface area (Å²) in [5.41, 5.74) is 4.58. The van der Waals surface area contributed by atoms with E-state index in [4.69, 9.17) is 32.7 Å². The van der Waals surface area contributed by atoms with Gasteiger partial charge in [-0.1, -0.05) is 40.9 Å². The van der Waals surface area contributed by atoms with Crippen LogP contribution >= 0.6 is 23.2 Å². The van der Waals surface area contributed by atoms with E-state index in [0.717, 1.165) is 41.3 Å². The Bertz CT molecular complexity index is 1130. The van der Waals surface area contributed by atoms with Gasteiger partial charge in [-0.25, -0.2) is 0 Å². The maximum absolute atomic E-state index is 12.3. The summed E-state index contributed by atoms with van der Waals surface area (Å²) < 4.78 is 11.2. The van der Waals surface area contributed by atoms with E-state index in [9.17, 15) is 4.79 Å². The van der Waals surface area contributed by atoms with Gasteiger partial charge in [0.25, 0.3) is 5.91 Å². The quantitative estimate of drug-likeness (QED) is 0.411. The number of benzene rings is 3. The van der Waals surface area contributed by atoms with E-state index >= 15 is 0 Å². The third-order valence-electron chi connectivity index (χ3n) is 5.50. The van der Waals surface area contributed by atoms with E-state index in [1.54, 1.807) is 12.1 Å². The van der Waals surface area contributed by atoms with Gasteiger partial charge in [-0.15, -0.1) is 0 Å². The summed E-state index contributed by atoms with van der Waals surface area (Å²) in [6.45, 7) is 5.41. The Balaban J connectivity index is 1.36. The normalized spacial score (nSPS) is 13.4. The Labute approximate surface area is 209 Å². The largest absolute Gasteiger partial charge is 0.483 e. The summed E-state index contributed by atoms with van der Waals surface area (Å²) in [5.74, 6) is 0.357. The minimum Gasteiger partial charge on any atom is -0.483 e. The third-order valence-corrected chi connectivity index (χ3v) is 6.04. The van der Waals surface area contributed by atoms with E-state index in [1.807, 2.05) is 55.5 Å². The van der Waals surface area contributed by atoms with Crippen molar-refractivity contribution in [3.63, 3.8) is 0 Å². The molecule has 6 nitrogen and oxygen atoms in total. The SMILES string of the molecule is Cc1ccc(NC(=O)COc2ccc(Cl)cc2CNc2ccc(N3CCOCC3)c(Cl)c2)cc1. The van der Waals surface area contributed by atoms with Crippen LogP contribution in [0.25, 0.3) is 0 Å². The first-order valence-electron chi connectivity index (χ1n) is 11.1. The molecule has 0 atom stereocenters. The number of nitrogens with zero attached hydrogens (tertiary/aromatic N) is 1. The fraction of sp³-hybridized carbons (Fsp3) is 0.269. The Hall–Kier alpha value is -2.93. The fourth-order valence-corrected chi connectivity index (χ4v) is 4.17. The average Bonchev–Trinajstić information content (AvgIpc) is 2.84. The Kier molecular flexibility index (Phi) is 8.16. The monoisotopic (exact) mass is 499 g/mol. The molecule has 1 saturated heterocycles. The van der Waals surface area contributed by atoms with E-state index in [2.05, 4.69) is 15.5 Å². The van der Waals surface area contributed by atoms with Crippen molar-refractivity contribution in [2.24, 2.45) is 0 Å². The molecule has 1 aliphatic heterocycles. The number of rotatable bonds is 8. The molecule has 34 heavy (non-hydrogen) atoms. The number of ether oxygens (including phenoxy) is 2. The van der Waals surface area contributed by atoms with Crippen LogP contribution in [0.1, 0.15) is 11.1 Å². The highest BCUT2D eigenvalue weighted by molar-refractivity contribution is 6.33. The lowest BCUT2D eigenvalue weighted by atomic mass is 10.2. The fourth-order valence-electron chi connectivity index (χ4n) is 3.68. The molecule has 1 heterocycles. The first-order chi connectivity index (χ1) is 16.5. The lowest BCUT2D eigenvalue weighted by Gasteiger charge is -2.29. The van der Waals surface area contributed by atoms with Crippen molar-refractivity contribution in [2.75, 3.05) is 48.4 Å². The summed E-state index contributed by atoms with van der Waals surface area (Å²) in [6, 6.07) is 18.9. The Morgan fingerprint density at radius 2 is 1.74 bits per heavy atom. The molecular weight excluding hydrogens is 473 g/mol. The number of halogens is 2. The zero-order chi connectivity index (χ0) is 23.9. The standard InChI is InChI=1S/C26H27Cl2N3O3/c1-18-2-5-21(6-3-18)30-26(32)17-34-25-9-4-20(27)14-19(25)16-29-22-7-8-24(23(28)15-22)31-10-12-33-13-11-31/h2-9,14-15,29H,10-13,16-17H2,1H3,(H,30,32). The van der Waals surface area contributed by atoms with E-state index < -0.39 is 0 Å². The molecule has 3 aromatic carbocycles. The van der Waals surface area contributed by atoms with Crippen LogP contribution in [0.5, 0.6) is 5.75 Å². The molecule has 8 heteroatoms. The summed E-state index contributed by atoms with van der Waals surface area (Å²) in [6.07, 6.45) is 0. The van der Waals surface area contributed by atoms with E-state index in [1.165, 1.54) is 0 Å². The van der Waals surface area contributed by atoms with Crippen LogP contribution in [0, 0.1) is 6.92 Å². The number of morpholine rings is 1. The lowest BCUT2D eigenvalue weighted by Crippen LogP contribution is -2.36. The predicted octanol–water partition coefficient (Wildman–Crippen LogP) is 5.77. The zero-order valence-corrected chi connectivity index (χ0v) is 20.5. The lowest BCUT2D eigenvalue weighted by molar-refractivity contribution is -0.118. The number of hydrogen-bond donors (Lipinski definition) is 2. The molecule has 0 saturated carbocycles. The minimum atomic E-state index is -0.233. The summed E-state index contributed by atoms with van der Waals surface area (Å²) in [5, 5.41) is 7.47. The molecule has 1 aliphatic rings. The van der Waals surface area contributed by atoms with Gasteiger partial charge in [0.2, 0.25) is 0 Å². The highest BCUT2D eigenvalue weighted by atomic mass is 35.5. The Morgan fingerprint density at radius 1 is 1.00 bits per heavy atom. The first-order valence-corrected chi connectivity index (χ1v) is 11.9. The van der Waals surface area contributed by atoms with E-state index in [-0.39, 0.29) is 12.5 Å². The molecule has 1 amide bonds. The van der Waals surface area contributed by atoms with E-state index in [0.29, 0.717) is 35.6 Å².